The van der Waals surface area contributed by atoms with E-state index in [2.05, 4.69) is 43.4 Å². The van der Waals surface area contributed by atoms with Crippen LogP contribution in [-0.2, 0) is 4.79 Å². The van der Waals surface area contributed by atoms with Crippen LogP contribution in [-0.4, -0.2) is 29.9 Å². The lowest BCUT2D eigenvalue weighted by Gasteiger charge is -2.26. The molecule has 1 amide bonds. The number of aryl methyl sites for hydroxylation is 1. The van der Waals surface area contributed by atoms with Gasteiger partial charge in [0.15, 0.2) is 0 Å². The van der Waals surface area contributed by atoms with Crippen molar-refractivity contribution < 1.29 is 4.79 Å². The number of carbonyl (C=O) groups is 1. The van der Waals surface area contributed by atoms with Crippen LogP contribution in [0.15, 0.2) is 24.3 Å². The molecule has 2 atom stereocenters. The molecule has 0 bridgehead atoms. The average Bonchev–Trinajstić information content (AvgIpc) is 2.99. The lowest BCUT2D eigenvalue weighted by atomic mass is 10.0. The molecule has 0 aliphatic carbocycles. The Hall–Kier alpha value is -1.35. The number of carbonyl (C=O) groups excluding carboxylic acids is 1. The highest BCUT2D eigenvalue weighted by molar-refractivity contribution is 5.81. The molecule has 0 radical (unpaired) electrons. The normalized spacial score (nSPS) is 18.1. The quantitative estimate of drug-likeness (QED) is 0.895. The number of hydrogen-bond acceptors (Lipinski definition) is 2. The van der Waals surface area contributed by atoms with E-state index < -0.39 is 0 Å². The Bertz CT molecular complexity index is 435. The second kappa shape index (κ2) is 6.89. The average molecular weight is 274 g/mol. The van der Waals surface area contributed by atoms with E-state index in [9.17, 15) is 4.79 Å². The fourth-order valence-electron chi connectivity index (χ4n) is 2.83. The Kier molecular flexibility index (Phi) is 5.18. The first-order valence-corrected chi connectivity index (χ1v) is 7.73. The highest BCUT2D eigenvalue weighted by atomic mass is 16.2. The Balaban J connectivity index is 1.98. The molecule has 1 aliphatic rings. The number of hydrogen-bond donors (Lipinski definition) is 1. The zero-order valence-electron chi connectivity index (χ0n) is 12.9. The van der Waals surface area contributed by atoms with Gasteiger partial charge in [0.05, 0.1) is 6.04 Å². The Labute approximate surface area is 122 Å². The van der Waals surface area contributed by atoms with Crippen LogP contribution in [0.25, 0.3) is 0 Å². The minimum Gasteiger partial charge on any atom is -0.341 e. The lowest BCUT2D eigenvalue weighted by Crippen LogP contribution is -2.44. The van der Waals surface area contributed by atoms with Gasteiger partial charge in [0.25, 0.3) is 0 Å². The van der Waals surface area contributed by atoms with Gasteiger partial charge in [0, 0.05) is 19.1 Å². The van der Waals surface area contributed by atoms with Crippen LogP contribution < -0.4 is 5.32 Å². The van der Waals surface area contributed by atoms with E-state index in [0.717, 1.165) is 32.4 Å². The van der Waals surface area contributed by atoms with Gasteiger partial charge in [0.2, 0.25) is 5.91 Å². The molecule has 1 aromatic carbocycles. The molecule has 0 saturated carbocycles. The molecule has 3 heteroatoms. The van der Waals surface area contributed by atoms with Crippen LogP contribution in [0.4, 0.5) is 0 Å². The van der Waals surface area contributed by atoms with E-state index >= 15 is 0 Å². The standard InChI is InChI=1S/C17H26N2O/c1-4-16(15-9-7-13(2)8-10-15)18-14(3)17(20)19-11-5-6-12-19/h7-10,14,16,18H,4-6,11-12H2,1-3H3. The van der Waals surface area contributed by atoms with Crippen molar-refractivity contribution in [2.75, 3.05) is 13.1 Å². The first kappa shape index (κ1) is 15.0. The van der Waals surface area contributed by atoms with Gasteiger partial charge < -0.3 is 4.90 Å². The first-order chi connectivity index (χ1) is 9.61. The predicted octanol–water partition coefficient (Wildman–Crippen LogP) is 3.05. The minimum absolute atomic E-state index is 0.112. The van der Waals surface area contributed by atoms with E-state index in [-0.39, 0.29) is 18.0 Å². The number of likely N-dealkylation sites (tertiary alicyclic amines) is 1. The maximum atomic E-state index is 12.3. The van der Waals surface area contributed by atoms with Crippen LogP contribution in [0.3, 0.4) is 0 Å². The molecule has 1 saturated heterocycles. The van der Waals surface area contributed by atoms with E-state index in [1.807, 2.05) is 11.8 Å². The van der Waals surface area contributed by atoms with Crippen molar-refractivity contribution in [3.8, 4) is 0 Å². The van der Waals surface area contributed by atoms with Crippen LogP contribution in [0.5, 0.6) is 0 Å². The van der Waals surface area contributed by atoms with E-state index in [4.69, 9.17) is 0 Å². The number of nitrogens with zero attached hydrogens (tertiary/aromatic N) is 1. The summed E-state index contributed by atoms with van der Waals surface area (Å²) >= 11 is 0. The van der Waals surface area contributed by atoms with Gasteiger partial charge in [-0.2, -0.15) is 0 Å². The maximum Gasteiger partial charge on any atom is 0.239 e. The SMILES string of the molecule is CCC(NC(C)C(=O)N1CCCC1)c1ccc(C)cc1. The molecule has 0 aromatic heterocycles. The molecule has 3 nitrogen and oxygen atoms in total. The first-order valence-electron chi connectivity index (χ1n) is 7.73. The molecule has 2 unspecified atom stereocenters. The summed E-state index contributed by atoms with van der Waals surface area (Å²) < 4.78 is 0. The lowest BCUT2D eigenvalue weighted by molar-refractivity contribution is -0.132. The van der Waals surface area contributed by atoms with Crippen molar-refractivity contribution >= 4 is 5.91 Å². The van der Waals surface area contributed by atoms with Gasteiger partial charge in [0.1, 0.15) is 0 Å². The number of nitrogens with one attached hydrogen (secondary N) is 1. The largest absolute Gasteiger partial charge is 0.341 e. The molecular weight excluding hydrogens is 248 g/mol. The third-order valence-electron chi connectivity index (χ3n) is 4.13. The molecule has 1 aromatic rings. The van der Waals surface area contributed by atoms with Gasteiger partial charge in [-0.15, -0.1) is 0 Å². The molecule has 1 fully saturated rings. The molecule has 1 N–H and O–H groups in total. The summed E-state index contributed by atoms with van der Waals surface area (Å²) in [6.45, 7) is 8.08. The van der Waals surface area contributed by atoms with Gasteiger partial charge in [-0.05, 0) is 38.7 Å². The second-order valence-electron chi connectivity index (χ2n) is 5.79. The summed E-state index contributed by atoms with van der Waals surface area (Å²) in [7, 11) is 0. The molecular formula is C17H26N2O. The highest BCUT2D eigenvalue weighted by Crippen LogP contribution is 2.19. The second-order valence-corrected chi connectivity index (χ2v) is 5.79. The fraction of sp³-hybridized carbons (Fsp3) is 0.588. The third-order valence-corrected chi connectivity index (χ3v) is 4.13. The maximum absolute atomic E-state index is 12.3. The molecule has 2 rings (SSSR count). The minimum atomic E-state index is -0.112. The number of benzene rings is 1. The van der Waals surface area contributed by atoms with Gasteiger partial charge >= 0.3 is 0 Å². The smallest absolute Gasteiger partial charge is 0.239 e. The van der Waals surface area contributed by atoms with Gasteiger partial charge in [-0.25, -0.2) is 0 Å². The summed E-state index contributed by atoms with van der Waals surface area (Å²) in [5, 5.41) is 3.49. The van der Waals surface area contributed by atoms with Crippen LogP contribution in [0.2, 0.25) is 0 Å². The van der Waals surface area contributed by atoms with Crippen LogP contribution >= 0.6 is 0 Å². The predicted molar refractivity (Wildman–Crippen MR) is 82.6 cm³/mol. The topological polar surface area (TPSA) is 32.3 Å². The zero-order valence-corrected chi connectivity index (χ0v) is 12.9. The van der Waals surface area contributed by atoms with Crippen molar-refractivity contribution in [3.05, 3.63) is 35.4 Å². The monoisotopic (exact) mass is 274 g/mol. The summed E-state index contributed by atoms with van der Waals surface area (Å²) in [6, 6.07) is 8.71. The molecule has 20 heavy (non-hydrogen) atoms. The van der Waals surface area contributed by atoms with Crippen molar-refractivity contribution in [1.82, 2.24) is 10.2 Å². The molecule has 1 aliphatic heterocycles. The fourth-order valence-corrected chi connectivity index (χ4v) is 2.83. The summed E-state index contributed by atoms with van der Waals surface area (Å²) in [4.78, 5) is 14.3. The Morgan fingerprint density at radius 2 is 1.85 bits per heavy atom. The van der Waals surface area contributed by atoms with Gasteiger partial charge in [-0.1, -0.05) is 36.8 Å². The van der Waals surface area contributed by atoms with Crippen LogP contribution in [0, 0.1) is 6.92 Å². The van der Waals surface area contributed by atoms with Crippen LogP contribution in [0.1, 0.15) is 50.3 Å². The van der Waals surface area contributed by atoms with Crippen molar-refractivity contribution in [2.45, 2.75) is 52.1 Å². The zero-order chi connectivity index (χ0) is 14.5. The summed E-state index contributed by atoms with van der Waals surface area (Å²) in [5.74, 6) is 0.244. The Morgan fingerprint density at radius 1 is 1.25 bits per heavy atom. The summed E-state index contributed by atoms with van der Waals surface area (Å²) in [6.07, 6.45) is 3.28. The molecule has 0 spiro atoms. The van der Waals surface area contributed by atoms with E-state index in [1.54, 1.807) is 0 Å². The molecule has 110 valence electrons. The highest BCUT2D eigenvalue weighted by Gasteiger charge is 2.24. The molecule has 1 heterocycles. The van der Waals surface area contributed by atoms with Gasteiger partial charge in [-0.3, -0.25) is 10.1 Å². The van der Waals surface area contributed by atoms with Crippen molar-refractivity contribution in [2.24, 2.45) is 0 Å². The number of amides is 1. The van der Waals surface area contributed by atoms with Crippen molar-refractivity contribution in [1.29, 1.82) is 0 Å². The van der Waals surface area contributed by atoms with E-state index in [0.29, 0.717) is 0 Å². The van der Waals surface area contributed by atoms with E-state index in [1.165, 1.54) is 11.1 Å². The van der Waals surface area contributed by atoms with Crippen molar-refractivity contribution in [3.63, 3.8) is 0 Å². The number of rotatable bonds is 5. The third kappa shape index (κ3) is 3.60. The Morgan fingerprint density at radius 3 is 2.40 bits per heavy atom. The summed E-state index contributed by atoms with van der Waals surface area (Å²) in [5.41, 5.74) is 2.53.